The van der Waals surface area contributed by atoms with Gasteiger partial charge in [-0.1, -0.05) is 42.5 Å². The zero-order valence-electron chi connectivity index (χ0n) is 19.8. The van der Waals surface area contributed by atoms with Crippen LogP contribution >= 0.6 is 0 Å². The van der Waals surface area contributed by atoms with Crippen LogP contribution in [0.1, 0.15) is 37.8 Å². The molecule has 5 nitrogen and oxygen atoms in total. The van der Waals surface area contributed by atoms with E-state index in [1.807, 2.05) is 36.5 Å². The van der Waals surface area contributed by atoms with Crippen LogP contribution in [0, 0.1) is 0 Å². The van der Waals surface area contributed by atoms with Crippen molar-refractivity contribution < 1.29 is 4.74 Å². The molecule has 1 saturated heterocycles. The Bertz CT molecular complexity index is 1010. The van der Waals surface area contributed by atoms with Crippen molar-refractivity contribution in [3.8, 4) is 0 Å². The normalized spacial score (nSPS) is 18.2. The summed E-state index contributed by atoms with van der Waals surface area (Å²) in [7, 11) is 0. The first-order valence-electron chi connectivity index (χ1n) is 12.0. The zero-order chi connectivity index (χ0) is 22.9. The van der Waals surface area contributed by atoms with Crippen molar-refractivity contribution in [1.29, 1.82) is 0 Å². The molecule has 2 aliphatic rings. The number of rotatable bonds is 8. The van der Waals surface area contributed by atoms with Crippen LogP contribution in [-0.2, 0) is 4.74 Å². The van der Waals surface area contributed by atoms with E-state index in [2.05, 4.69) is 64.2 Å². The smallest absolute Gasteiger partial charge is 0.0642 e. The standard InChI is InChI=1S/C28H34N4O/c1-3-31(4-2)27-14-10-23(11-15-27)20-25-12-13-26(28(25)32-16-18-33-19-17-32)22-30-29-21-24-8-6-5-7-9-24/h5-11,14-15,20-22H,3-4,12-13,16-19H2,1-2H3. The molecule has 2 aromatic carbocycles. The van der Waals surface area contributed by atoms with E-state index < -0.39 is 0 Å². The minimum absolute atomic E-state index is 0.770. The maximum Gasteiger partial charge on any atom is 0.0642 e. The van der Waals surface area contributed by atoms with E-state index in [-0.39, 0.29) is 0 Å². The Hall–Kier alpha value is -3.18. The maximum absolute atomic E-state index is 5.61. The molecular formula is C28H34N4O. The highest BCUT2D eigenvalue weighted by atomic mass is 16.5. The van der Waals surface area contributed by atoms with E-state index in [0.29, 0.717) is 0 Å². The van der Waals surface area contributed by atoms with E-state index in [1.54, 1.807) is 6.21 Å². The summed E-state index contributed by atoms with van der Waals surface area (Å²) in [6.07, 6.45) is 8.09. The van der Waals surface area contributed by atoms with Gasteiger partial charge in [0.1, 0.15) is 0 Å². The Morgan fingerprint density at radius 3 is 2.24 bits per heavy atom. The van der Waals surface area contributed by atoms with Gasteiger partial charge in [0, 0.05) is 37.6 Å². The molecule has 0 radical (unpaired) electrons. The Morgan fingerprint density at radius 2 is 1.55 bits per heavy atom. The molecule has 0 amide bonds. The summed E-state index contributed by atoms with van der Waals surface area (Å²) in [6, 6.07) is 19.0. The van der Waals surface area contributed by atoms with E-state index in [4.69, 9.17) is 4.74 Å². The molecule has 0 unspecified atom stereocenters. The van der Waals surface area contributed by atoms with Crippen LogP contribution in [0.4, 0.5) is 5.69 Å². The molecule has 4 rings (SSSR count). The Kier molecular flexibility index (Phi) is 8.09. The molecule has 0 atom stereocenters. The van der Waals surface area contributed by atoms with Crippen molar-refractivity contribution in [3.63, 3.8) is 0 Å². The SMILES string of the molecule is CCN(CC)c1ccc(C=C2CCC(C=NN=Cc3ccccc3)=C2N2CCOCC2)cc1. The quantitative estimate of drug-likeness (QED) is 0.406. The van der Waals surface area contributed by atoms with Crippen molar-refractivity contribution in [2.24, 2.45) is 10.2 Å². The Balaban J connectivity index is 1.57. The highest BCUT2D eigenvalue weighted by Crippen LogP contribution is 2.35. The van der Waals surface area contributed by atoms with Crippen molar-refractivity contribution in [2.45, 2.75) is 26.7 Å². The summed E-state index contributed by atoms with van der Waals surface area (Å²) >= 11 is 0. The van der Waals surface area contributed by atoms with Crippen LogP contribution < -0.4 is 4.90 Å². The fourth-order valence-electron chi connectivity index (χ4n) is 4.49. The monoisotopic (exact) mass is 442 g/mol. The molecule has 172 valence electrons. The lowest BCUT2D eigenvalue weighted by Gasteiger charge is -2.31. The third kappa shape index (κ3) is 5.99. The Labute approximate surface area is 197 Å². The second kappa shape index (κ2) is 11.6. The first-order valence-corrected chi connectivity index (χ1v) is 12.0. The predicted octanol–water partition coefficient (Wildman–Crippen LogP) is 5.40. The van der Waals surface area contributed by atoms with Gasteiger partial charge in [-0.2, -0.15) is 10.2 Å². The number of anilines is 1. The van der Waals surface area contributed by atoms with Crippen molar-refractivity contribution in [2.75, 3.05) is 44.3 Å². The fraction of sp³-hybridized carbons (Fsp3) is 0.357. The molecule has 0 bridgehead atoms. The summed E-state index contributed by atoms with van der Waals surface area (Å²) in [5.41, 5.74) is 7.52. The minimum atomic E-state index is 0.770. The highest BCUT2D eigenvalue weighted by Gasteiger charge is 2.25. The summed E-state index contributed by atoms with van der Waals surface area (Å²) < 4.78 is 5.61. The van der Waals surface area contributed by atoms with Crippen molar-refractivity contribution in [3.05, 3.63) is 82.6 Å². The molecule has 5 heteroatoms. The van der Waals surface area contributed by atoms with Gasteiger partial charge in [-0.15, -0.1) is 0 Å². The molecule has 0 aromatic heterocycles. The lowest BCUT2D eigenvalue weighted by atomic mass is 10.1. The van der Waals surface area contributed by atoms with Gasteiger partial charge >= 0.3 is 0 Å². The number of allylic oxidation sites excluding steroid dienone is 2. The molecule has 1 heterocycles. The molecular weight excluding hydrogens is 408 g/mol. The number of hydrogen-bond donors (Lipinski definition) is 0. The van der Waals surface area contributed by atoms with Gasteiger partial charge in [-0.3, -0.25) is 0 Å². The van der Waals surface area contributed by atoms with Crippen LogP contribution in [0.5, 0.6) is 0 Å². The molecule has 0 N–H and O–H groups in total. The van der Waals surface area contributed by atoms with E-state index in [9.17, 15) is 0 Å². The third-order valence-corrected chi connectivity index (χ3v) is 6.25. The van der Waals surface area contributed by atoms with Crippen LogP contribution in [0.25, 0.3) is 6.08 Å². The average molecular weight is 443 g/mol. The van der Waals surface area contributed by atoms with Crippen LogP contribution in [0.15, 0.2) is 81.6 Å². The summed E-state index contributed by atoms with van der Waals surface area (Å²) in [5.74, 6) is 0. The lowest BCUT2D eigenvalue weighted by molar-refractivity contribution is 0.0548. The predicted molar refractivity (Wildman–Crippen MR) is 139 cm³/mol. The van der Waals surface area contributed by atoms with Crippen molar-refractivity contribution in [1.82, 2.24) is 4.90 Å². The van der Waals surface area contributed by atoms with Gasteiger partial charge in [-0.05, 0) is 67.2 Å². The second-order valence-electron chi connectivity index (χ2n) is 8.31. The van der Waals surface area contributed by atoms with Gasteiger partial charge < -0.3 is 14.5 Å². The fourth-order valence-corrected chi connectivity index (χ4v) is 4.49. The zero-order valence-corrected chi connectivity index (χ0v) is 19.8. The van der Waals surface area contributed by atoms with Crippen LogP contribution in [-0.4, -0.2) is 56.7 Å². The van der Waals surface area contributed by atoms with Gasteiger partial charge in [0.15, 0.2) is 0 Å². The number of morpholine rings is 1. The third-order valence-electron chi connectivity index (χ3n) is 6.25. The molecule has 1 fully saturated rings. The number of benzene rings is 2. The largest absolute Gasteiger partial charge is 0.378 e. The topological polar surface area (TPSA) is 40.4 Å². The lowest BCUT2D eigenvalue weighted by Crippen LogP contribution is -2.36. The number of ether oxygens (including phenoxy) is 1. The first kappa shape index (κ1) is 23.0. The molecule has 0 spiro atoms. The number of nitrogens with zero attached hydrogens (tertiary/aromatic N) is 4. The van der Waals surface area contributed by atoms with Crippen LogP contribution in [0.3, 0.4) is 0 Å². The van der Waals surface area contributed by atoms with E-state index >= 15 is 0 Å². The maximum atomic E-state index is 5.61. The van der Waals surface area contributed by atoms with Gasteiger partial charge in [-0.25, -0.2) is 0 Å². The molecule has 1 aliphatic heterocycles. The average Bonchev–Trinajstić information content (AvgIpc) is 3.27. The van der Waals surface area contributed by atoms with Gasteiger partial charge in [0.25, 0.3) is 0 Å². The van der Waals surface area contributed by atoms with E-state index in [1.165, 1.54) is 28.1 Å². The molecule has 33 heavy (non-hydrogen) atoms. The summed E-state index contributed by atoms with van der Waals surface area (Å²) in [5, 5.41) is 8.66. The van der Waals surface area contributed by atoms with Crippen LogP contribution in [0.2, 0.25) is 0 Å². The van der Waals surface area contributed by atoms with Gasteiger partial charge in [0.2, 0.25) is 0 Å². The summed E-state index contributed by atoms with van der Waals surface area (Å²) in [6.45, 7) is 9.81. The molecule has 2 aromatic rings. The van der Waals surface area contributed by atoms with Crippen molar-refractivity contribution >= 4 is 24.2 Å². The van der Waals surface area contributed by atoms with E-state index in [0.717, 1.165) is 57.8 Å². The minimum Gasteiger partial charge on any atom is -0.378 e. The first-order chi connectivity index (χ1) is 16.3. The molecule has 1 aliphatic carbocycles. The summed E-state index contributed by atoms with van der Waals surface area (Å²) in [4.78, 5) is 4.82. The number of hydrogen-bond acceptors (Lipinski definition) is 5. The highest BCUT2D eigenvalue weighted by molar-refractivity contribution is 5.85. The Morgan fingerprint density at radius 1 is 0.848 bits per heavy atom. The second-order valence-corrected chi connectivity index (χ2v) is 8.31. The molecule has 0 saturated carbocycles. The van der Waals surface area contributed by atoms with Gasteiger partial charge in [0.05, 0.1) is 25.6 Å².